The summed E-state index contributed by atoms with van der Waals surface area (Å²) in [7, 11) is 0. The first-order valence-electron chi connectivity index (χ1n) is 6.22. The van der Waals surface area contributed by atoms with Crippen LogP contribution < -0.4 is 0 Å². The number of pyridine rings is 1. The molecule has 94 valence electrons. The van der Waals surface area contributed by atoms with E-state index >= 15 is 0 Å². The maximum absolute atomic E-state index is 4.68. The minimum Gasteiger partial charge on any atom is -0.261 e. The maximum Gasteiger partial charge on any atom is 0.0992 e. The van der Waals surface area contributed by atoms with Crippen LogP contribution in [-0.4, -0.2) is 9.97 Å². The average Bonchev–Trinajstić information content (AvgIpc) is 2.89. The van der Waals surface area contributed by atoms with E-state index in [9.17, 15) is 0 Å². The molecule has 0 aliphatic rings. The van der Waals surface area contributed by atoms with Gasteiger partial charge in [-0.25, -0.2) is 4.98 Å². The fourth-order valence-corrected chi connectivity index (χ4v) is 2.73. The summed E-state index contributed by atoms with van der Waals surface area (Å²) in [4.78, 5) is 9.02. The number of thiazole rings is 1. The molecule has 3 heteroatoms. The molecule has 0 saturated heterocycles. The van der Waals surface area contributed by atoms with Crippen molar-refractivity contribution in [1.82, 2.24) is 9.97 Å². The van der Waals surface area contributed by atoms with Crippen molar-refractivity contribution < 1.29 is 0 Å². The molecule has 0 atom stereocenters. The number of nitrogens with zero attached hydrogens (tertiary/aromatic N) is 2. The predicted octanol–water partition coefficient (Wildman–Crippen LogP) is 4.10. The van der Waals surface area contributed by atoms with Crippen molar-refractivity contribution in [3.05, 3.63) is 70.3 Å². The van der Waals surface area contributed by atoms with Gasteiger partial charge in [-0.2, -0.15) is 0 Å². The zero-order valence-corrected chi connectivity index (χ0v) is 11.5. The second-order valence-corrected chi connectivity index (χ2v) is 5.43. The normalized spacial score (nSPS) is 10.6. The van der Waals surface area contributed by atoms with Gasteiger partial charge in [0.15, 0.2) is 0 Å². The zero-order chi connectivity index (χ0) is 13.1. The van der Waals surface area contributed by atoms with Crippen LogP contribution in [-0.2, 0) is 6.42 Å². The van der Waals surface area contributed by atoms with E-state index in [4.69, 9.17) is 0 Å². The lowest BCUT2D eigenvalue weighted by Crippen LogP contribution is -1.90. The number of benzene rings is 1. The summed E-state index contributed by atoms with van der Waals surface area (Å²) in [6, 6.07) is 14.5. The van der Waals surface area contributed by atoms with Crippen LogP contribution in [0.2, 0.25) is 0 Å². The van der Waals surface area contributed by atoms with Crippen LogP contribution in [0.3, 0.4) is 0 Å². The van der Waals surface area contributed by atoms with Crippen molar-refractivity contribution in [3.8, 4) is 11.3 Å². The van der Waals surface area contributed by atoms with Crippen LogP contribution >= 0.6 is 11.3 Å². The quantitative estimate of drug-likeness (QED) is 0.713. The van der Waals surface area contributed by atoms with Crippen molar-refractivity contribution in [2.24, 2.45) is 0 Å². The first-order valence-corrected chi connectivity index (χ1v) is 7.10. The lowest BCUT2D eigenvalue weighted by Gasteiger charge is -1.98. The van der Waals surface area contributed by atoms with Gasteiger partial charge in [-0.15, -0.1) is 11.3 Å². The van der Waals surface area contributed by atoms with Crippen molar-refractivity contribution in [2.75, 3.05) is 0 Å². The Labute approximate surface area is 116 Å². The Bertz CT molecular complexity index is 657. The molecule has 2 nitrogen and oxygen atoms in total. The van der Waals surface area contributed by atoms with Gasteiger partial charge >= 0.3 is 0 Å². The second-order valence-electron chi connectivity index (χ2n) is 4.49. The average molecular weight is 266 g/mol. The van der Waals surface area contributed by atoms with Crippen molar-refractivity contribution >= 4 is 11.3 Å². The molecule has 0 radical (unpaired) electrons. The molecular formula is C16H14N2S. The number of hydrogen-bond acceptors (Lipinski definition) is 3. The Balaban J connectivity index is 1.82. The van der Waals surface area contributed by atoms with Crippen molar-refractivity contribution in [1.29, 1.82) is 0 Å². The van der Waals surface area contributed by atoms with Crippen LogP contribution in [0.25, 0.3) is 11.3 Å². The van der Waals surface area contributed by atoms with E-state index in [2.05, 4.69) is 46.5 Å². The van der Waals surface area contributed by atoms with Gasteiger partial charge in [-0.05, 0) is 19.1 Å². The molecule has 0 N–H and O–H groups in total. The van der Waals surface area contributed by atoms with Gasteiger partial charge in [-0.3, -0.25) is 4.98 Å². The summed E-state index contributed by atoms with van der Waals surface area (Å²) in [5.41, 5.74) is 4.56. The van der Waals surface area contributed by atoms with Crippen LogP contribution in [0.4, 0.5) is 0 Å². The van der Waals surface area contributed by atoms with Crippen molar-refractivity contribution in [2.45, 2.75) is 13.3 Å². The highest BCUT2D eigenvalue weighted by atomic mass is 32.1. The Morgan fingerprint density at radius 1 is 1.05 bits per heavy atom. The highest BCUT2D eigenvalue weighted by Crippen LogP contribution is 2.23. The number of hydrogen-bond donors (Lipinski definition) is 0. The third kappa shape index (κ3) is 2.88. The van der Waals surface area contributed by atoms with E-state index in [1.165, 1.54) is 11.1 Å². The minimum absolute atomic E-state index is 0.803. The van der Waals surface area contributed by atoms with Crippen molar-refractivity contribution in [3.63, 3.8) is 0 Å². The standard InChI is InChI=1S/C16H14N2S/c1-12-5-7-13(8-6-12)15-11-19-16(18-15)10-14-4-2-3-9-17-14/h2-9,11H,10H2,1H3. The molecule has 0 aliphatic carbocycles. The van der Waals surface area contributed by atoms with Gasteiger partial charge in [-0.1, -0.05) is 35.9 Å². The Morgan fingerprint density at radius 2 is 1.89 bits per heavy atom. The summed E-state index contributed by atoms with van der Waals surface area (Å²) < 4.78 is 0. The van der Waals surface area contributed by atoms with Crippen LogP contribution in [0, 0.1) is 6.92 Å². The van der Waals surface area contributed by atoms with E-state index in [0.717, 1.165) is 22.8 Å². The van der Waals surface area contributed by atoms with E-state index in [0.29, 0.717) is 0 Å². The molecule has 2 heterocycles. The topological polar surface area (TPSA) is 25.8 Å². The molecule has 3 rings (SSSR count). The Kier molecular flexibility index (Phi) is 3.38. The summed E-state index contributed by atoms with van der Waals surface area (Å²) in [6.07, 6.45) is 2.63. The molecule has 0 fully saturated rings. The minimum atomic E-state index is 0.803. The van der Waals surface area contributed by atoms with Crippen LogP contribution in [0.15, 0.2) is 54.0 Å². The van der Waals surface area contributed by atoms with Crippen LogP contribution in [0.1, 0.15) is 16.3 Å². The molecule has 3 aromatic rings. The molecule has 2 aromatic heterocycles. The smallest absolute Gasteiger partial charge is 0.0992 e. The summed E-state index contributed by atoms with van der Waals surface area (Å²) in [5, 5.41) is 3.22. The molecule has 0 spiro atoms. The van der Waals surface area contributed by atoms with Gasteiger partial charge in [0.2, 0.25) is 0 Å². The van der Waals surface area contributed by atoms with Gasteiger partial charge < -0.3 is 0 Å². The van der Waals surface area contributed by atoms with Gasteiger partial charge in [0.05, 0.1) is 10.7 Å². The maximum atomic E-state index is 4.68. The predicted molar refractivity (Wildman–Crippen MR) is 79.3 cm³/mol. The highest BCUT2D eigenvalue weighted by Gasteiger charge is 2.05. The lowest BCUT2D eigenvalue weighted by atomic mass is 10.1. The summed E-state index contributed by atoms with van der Waals surface area (Å²) in [6.45, 7) is 2.09. The van der Waals surface area contributed by atoms with Gasteiger partial charge in [0.25, 0.3) is 0 Å². The van der Waals surface area contributed by atoms with E-state index in [-0.39, 0.29) is 0 Å². The first kappa shape index (κ1) is 12.1. The monoisotopic (exact) mass is 266 g/mol. The lowest BCUT2D eigenvalue weighted by molar-refractivity contribution is 1.05. The summed E-state index contributed by atoms with van der Waals surface area (Å²) in [5.74, 6) is 0. The molecule has 0 bridgehead atoms. The van der Waals surface area contributed by atoms with Crippen LogP contribution in [0.5, 0.6) is 0 Å². The van der Waals surface area contributed by atoms with E-state index in [1.54, 1.807) is 11.3 Å². The second kappa shape index (κ2) is 5.33. The number of aromatic nitrogens is 2. The fourth-order valence-electron chi connectivity index (χ4n) is 1.91. The van der Waals surface area contributed by atoms with E-state index < -0.39 is 0 Å². The summed E-state index contributed by atoms with van der Waals surface area (Å²) >= 11 is 1.69. The Morgan fingerprint density at radius 3 is 2.63 bits per heavy atom. The third-order valence-electron chi connectivity index (χ3n) is 2.96. The largest absolute Gasteiger partial charge is 0.261 e. The molecule has 19 heavy (non-hydrogen) atoms. The molecule has 0 aliphatic heterocycles. The third-order valence-corrected chi connectivity index (χ3v) is 3.81. The molecule has 0 unspecified atom stereocenters. The molecule has 0 saturated carbocycles. The number of rotatable bonds is 3. The molecular weight excluding hydrogens is 252 g/mol. The fraction of sp³-hybridized carbons (Fsp3) is 0.125. The molecule has 0 amide bonds. The SMILES string of the molecule is Cc1ccc(-c2csc(Cc3ccccn3)n2)cc1. The highest BCUT2D eigenvalue weighted by molar-refractivity contribution is 7.10. The zero-order valence-electron chi connectivity index (χ0n) is 10.7. The number of aryl methyl sites for hydroxylation is 1. The van der Waals surface area contributed by atoms with Gasteiger partial charge in [0.1, 0.15) is 0 Å². The molecule has 1 aromatic carbocycles. The van der Waals surface area contributed by atoms with E-state index in [1.807, 2.05) is 24.4 Å². The first-order chi connectivity index (χ1) is 9.31. The Hall–Kier alpha value is -2.00. The van der Waals surface area contributed by atoms with Gasteiger partial charge in [0, 0.05) is 29.3 Å².